The minimum atomic E-state index is -3.41. The highest BCUT2D eigenvalue weighted by molar-refractivity contribution is 7.98. The molecule has 0 fully saturated rings. The Balaban J connectivity index is 1.75. The van der Waals surface area contributed by atoms with Gasteiger partial charge in [0.15, 0.2) is 15.0 Å². The fourth-order valence-electron chi connectivity index (χ4n) is 3.17. The molecule has 0 atom stereocenters. The van der Waals surface area contributed by atoms with Gasteiger partial charge in [0.1, 0.15) is 0 Å². The number of carbonyl (C=O) groups is 1. The number of hydrogen-bond acceptors (Lipinski definition) is 7. The third-order valence-electron chi connectivity index (χ3n) is 4.74. The third-order valence-corrected chi connectivity index (χ3v) is 8.60. The number of thiazole rings is 1. The average Bonchev–Trinajstić information content (AvgIpc) is 3.42. The van der Waals surface area contributed by atoms with Gasteiger partial charge in [-0.1, -0.05) is 29.5 Å². The van der Waals surface area contributed by atoms with Gasteiger partial charge in [-0.15, -0.1) is 23.1 Å². The summed E-state index contributed by atoms with van der Waals surface area (Å²) < 4.78 is 25.0. The van der Waals surface area contributed by atoms with Gasteiger partial charge in [-0.3, -0.25) is 9.69 Å². The lowest BCUT2D eigenvalue weighted by Crippen LogP contribution is -2.32. The fraction of sp³-hybridized carbons (Fsp3) is 0.182. The van der Waals surface area contributed by atoms with E-state index >= 15 is 0 Å². The molecule has 0 unspecified atom stereocenters. The first kappa shape index (κ1) is 22.0. The van der Waals surface area contributed by atoms with Gasteiger partial charge in [0.25, 0.3) is 5.91 Å². The zero-order valence-electron chi connectivity index (χ0n) is 16.9. The molecule has 0 saturated carbocycles. The van der Waals surface area contributed by atoms with E-state index in [1.165, 1.54) is 28.3 Å². The molecule has 0 radical (unpaired) electrons. The summed E-state index contributed by atoms with van der Waals surface area (Å²) in [5.41, 5.74) is 1.22. The van der Waals surface area contributed by atoms with Crippen LogP contribution in [0.2, 0.25) is 0 Å². The van der Waals surface area contributed by atoms with Crippen LogP contribution >= 0.6 is 34.4 Å². The molecule has 2 heterocycles. The Morgan fingerprint density at radius 2 is 1.94 bits per heavy atom. The highest BCUT2D eigenvalue weighted by Crippen LogP contribution is 2.35. The molecule has 0 bridgehead atoms. The van der Waals surface area contributed by atoms with E-state index in [1.807, 2.05) is 42.0 Å². The van der Waals surface area contributed by atoms with Crippen LogP contribution in [0.25, 0.3) is 10.2 Å². The zero-order valence-corrected chi connectivity index (χ0v) is 20.2. The third kappa shape index (κ3) is 4.85. The van der Waals surface area contributed by atoms with Gasteiger partial charge in [0.2, 0.25) is 0 Å². The minimum Gasteiger partial charge on any atom is -0.284 e. The van der Waals surface area contributed by atoms with Crippen molar-refractivity contribution in [3.8, 4) is 0 Å². The van der Waals surface area contributed by atoms with Crippen molar-refractivity contribution in [3.05, 3.63) is 70.4 Å². The summed E-state index contributed by atoms with van der Waals surface area (Å²) in [5.74, 6) is -0.258. The van der Waals surface area contributed by atoms with E-state index in [1.54, 1.807) is 40.1 Å². The second-order valence-electron chi connectivity index (χ2n) is 6.89. The van der Waals surface area contributed by atoms with Crippen LogP contribution in [0.1, 0.15) is 15.2 Å². The number of thiophene rings is 1. The quantitative estimate of drug-likeness (QED) is 0.327. The monoisotopic (exact) mass is 488 g/mol. The smallest absolute Gasteiger partial charge is 0.260 e. The normalized spacial score (nSPS) is 11.7. The average molecular weight is 489 g/mol. The Bertz CT molecular complexity index is 1330. The Hall–Kier alpha value is -2.20. The first-order chi connectivity index (χ1) is 14.9. The van der Waals surface area contributed by atoms with Gasteiger partial charge >= 0.3 is 0 Å². The van der Waals surface area contributed by atoms with E-state index in [-0.39, 0.29) is 10.8 Å². The van der Waals surface area contributed by atoms with Crippen LogP contribution in [0, 0.1) is 0 Å². The number of thioether (sulfide) groups is 1. The number of hydrogen-bond donors (Lipinski definition) is 0. The van der Waals surface area contributed by atoms with Crippen molar-refractivity contribution >= 4 is 65.5 Å². The molecule has 9 heteroatoms. The molecule has 1 amide bonds. The Labute approximate surface area is 193 Å². The van der Waals surface area contributed by atoms with E-state index in [2.05, 4.69) is 0 Å². The summed E-state index contributed by atoms with van der Waals surface area (Å²) in [6, 6.07) is 16.2. The van der Waals surface area contributed by atoms with Gasteiger partial charge in [-0.25, -0.2) is 13.4 Å². The molecular formula is C22H20N2O3S4. The summed E-state index contributed by atoms with van der Waals surface area (Å²) in [5, 5.41) is 2.63. The lowest BCUT2D eigenvalue weighted by atomic mass is 10.2. The summed E-state index contributed by atoms with van der Waals surface area (Å²) >= 11 is 4.74. The first-order valence-electron chi connectivity index (χ1n) is 9.45. The van der Waals surface area contributed by atoms with Crippen LogP contribution in [0.15, 0.2) is 69.8 Å². The van der Waals surface area contributed by atoms with Gasteiger partial charge < -0.3 is 0 Å². The van der Waals surface area contributed by atoms with Gasteiger partial charge in [-0.05, 0) is 54.5 Å². The highest BCUT2D eigenvalue weighted by atomic mass is 32.2. The molecule has 0 saturated heterocycles. The molecule has 0 N–H and O–H groups in total. The zero-order chi connectivity index (χ0) is 22.0. The van der Waals surface area contributed by atoms with E-state index in [0.717, 1.165) is 21.4 Å². The van der Waals surface area contributed by atoms with E-state index in [4.69, 9.17) is 4.98 Å². The van der Waals surface area contributed by atoms with Crippen LogP contribution in [0.3, 0.4) is 0 Å². The number of nitrogens with zero attached hydrogens (tertiary/aromatic N) is 2. The summed E-state index contributed by atoms with van der Waals surface area (Å²) in [7, 11) is -3.41. The number of aromatic nitrogens is 1. The molecule has 0 aliphatic rings. The van der Waals surface area contributed by atoms with Crippen molar-refractivity contribution < 1.29 is 13.2 Å². The van der Waals surface area contributed by atoms with Crippen molar-refractivity contribution in [1.82, 2.24) is 4.98 Å². The van der Waals surface area contributed by atoms with Crippen molar-refractivity contribution in [1.29, 1.82) is 0 Å². The number of benzene rings is 2. The fourth-order valence-corrected chi connectivity index (χ4v) is 6.18. The molecular weight excluding hydrogens is 469 g/mol. The summed E-state index contributed by atoms with van der Waals surface area (Å²) in [6.07, 6.45) is 3.84. The molecule has 5 nitrogen and oxygen atoms in total. The SMILES string of the molecule is CSc1cccc2sc(N(CCc3cccs3)C(=O)c3cccc(S(C)(=O)=O)c3)nc12. The molecule has 0 aliphatic heterocycles. The minimum absolute atomic E-state index is 0.130. The van der Waals surface area contributed by atoms with Crippen LogP contribution in [0.5, 0.6) is 0 Å². The first-order valence-corrected chi connectivity index (χ1v) is 14.3. The number of carbonyl (C=O) groups excluding carboxylic acids is 1. The van der Waals surface area contributed by atoms with Crippen LogP contribution in [0.4, 0.5) is 5.13 Å². The number of rotatable bonds is 7. The summed E-state index contributed by atoms with van der Waals surface area (Å²) in [4.78, 5) is 22.3. The van der Waals surface area contributed by atoms with Crippen molar-refractivity contribution in [2.45, 2.75) is 16.2 Å². The molecule has 31 heavy (non-hydrogen) atoms. The Morgan fingerprint density at radius 3 is 2.65 bits per heavy atom. The lowest BCUT2D eigenvalue weighted by Gasteiger charge is -2.20. The molecule has 2 aromatic carbocycles. The van der Waals surface area contributed by atoms with E-state index in [9.17, 15) is 13.2 Å². The maximum Gasteiger partial charge on any atom is 0.260 e. The topological polar surface area (TPSA) is 67.3 Å². The van der Waals surface area contributed by atoms with Crippen molar-refractivity contribution in [3.63, 3.8) is 0 Å². The predicted octanol–water partition coefficient (Wildman–Crippen LogP) is 5.37. The van der Waals surface area contributed by atoms with Crippen LogP contribution < -0.4 is 4.90 Å². The summed E-state index contributed by atoms with van der Waals surface area (Å²) in [6.45, 7) is 0.455. The number of para-hydroxylation sites is 1. The number of amides is 1. The van der Waals surface area contributed by atoms with Gasteiger partial charge in [-0.2, -0.15) is 0 Å². The molecule has 0 aliphatic carbocycles. The Morgan fingerprint density at radius 1 is 1.13 bits per heavy atom. The van der Waals surface area contributed by atoms with Crippen molar-refractivity contribution in [2.75, 3.05) is 24.0 Å². The van der Waals surface area contributed by atoms with Crippen molar-refractivity contribution in [2.24, 2.45) is 0 Å². The van der Waals surface area contributed by atoms with Crippen LogP contribution in [-0.2, 0) is 16.3 Å². The second kappa shape index (κ2) is 9.12. The van der Waals surface area contributed by atoms with Crippen LogP contribution in [-0.4, -0.2) is 38.4 Å². The van der Waals surface area contributed by atoms with Gasteiger partial charge in [0.05, 0.1) is 15.1 Å². The van der Waals surface area contributed by atoms with E-state index in [0.29, 0.717) is 23.7 Å². The standard InChI is InChI=1S/C22H20N2O3S4/c1-28-18-9-4-10-19-20(18)23-22(30-19)24(12-11-16-7-5-13-29-16)21(25)15-6-3-8-17(14-15)31(2,26)27/h3-10,13-14H,11-12H2,1-2H3. The Kier molecular flexibility index (Phi) is 6.47. The molecule has 0 spiro atoms. The number of anilines is 1. The maximum absolute atomic E-state index is 13.5. The molecule has 160 valence electrons. The number of fused-ring (bicyclic) bond motifs is 1. The van der Waals surface area contributed by atoms with E-state index < -0.39 is 9.84 Å². The molecule has 4 aromatic rings. The number of sulfone groups is 1. The second-order valence-corrected chi connectivity index (χ2v) is 11.8. The predicted molar refractivity (Wildman–Crippen MR) is 131 cm³/mol. The lowest BCUT2D eigenvalue weighted by molar-refractivity contribution is 0.0987. The largest absolute Gasteiger partial charge is 0.284 e. The molecule has 2 aromatic heterocycles. The highest BCUT2D eigenvalue weighted by Gasteiger charge is 2.23. The molecule has 4 rings (SSSR count). The maximum atomic E-state index is 13.5. The van der Waals surface area contributed by atoms with Gasteiger partial charge in [0, 0.05) is 28.1 Å².